The molecule has 1 spiro atoms. The number of nitrogens with one attached hydrogen (secondary N) is 6. The van der Waals surface area contributed by atoms with Crippen molar-refractivity contribution in [2.75, 3.05) is 65.4 Å². The Morgan fingerprint density at radius 3 is 2.08 bits per heavy atom. The van der Waals surface area contributed by atoms with E-state index >= 15 is 4.79 Å². The van der Waals surface area contributed by atoms with Crippen molar-refractivity contribution >= 4 is 92.0 Å². The second kappa shape index (κ2) is 32.3. The highest BCUT2D eigenvalue weighted by atomic mass is 28.4. The van der Waals surface area contributed by atoms with E-state index in [0.29, 0.717) is 101 Å². The van der Waals surface area contributed by atoms with Crippen molar-refractivity contribution in [3.8, 4) is 5.75 Å². The summed E-state index contributed by atoms with van der Waals surface area (Å²) in [5.41, 5.74) is -5.70. The first-order chi connectivity index (χ1) is 50.3. The molecular formula is C77H109N9O19Si2. The molecule has 5 aliphatic rings. The number of carbonyl (C=O) groups is 9. The van der Waals surface area contributed by atoms with E-state index in [0.717, 1.165) is 46.8 Å². The molecule has 4 aliphatic heterocycles. The monoisotopic (exact) mass is 1520 g/mol. The molecule has 1 aliphatic carbocycles. The molecule has 5 amide bonds. The second-order valence-electron chi connectivity index (χ2n) is 31.5. The van der Waals surface area contributed by atoms with Gasteiger partial charge in [-0.05, 0) is 170 Å². The minimum Gasteiger partial charge on any atom is -0.496 e. The number of H-pyrrole nitrogens is 1. The number of β-amino-alcohol motifs (C(OH)–C–C–N with tert-alkyl or cyclic N) is 1. The minimum absolute atomic E-state index is 0.0133. The van der Waals surface area contributed by atoms with Crippen molar-refractivity contribution < 1.29 is 92.5 Å². The number of rotatable bonds is 32. The van der Waals surface area contributed by atoms with Crippen molar-refractivity contribution in [1.82, 2.24) is 41.4 Å². The Labute approximate surface area is 626 Å². The molecule has 3 aromatic carbocycles. The summed E-state index contributed by atoms with van der Waals surface area (Å²) >= 11 is 0. The van der Waals surface area contributed by atoms with E-state index in [1.54, 1.807) is 25.4 Å². The van der Waals surface area contributed by atoms with Crippen LogP contribution in [0.25, 0.3) is 10.9 Å². The Bertz CT molecular complexity index is 4080. The molecule has 584 valence electrons. The van der Waals surface area contributed by atoms with Crippen LogP contribution in [0.5, 0.6) is 5.75 Å². The third kappa shape index (κ3) is 16.3. The molecule has 107 heavy (non-hydrogen) atoms. The summed E-state index contributed by atoms with van der Waals surface area (Å²) in [6.07, 6.45) is 6.91. The van der Waals surface area contributed by atoms with Crippen LogP contribution in [0.15, 0.2) is 85.6 Å². The van der Waals surface area contributed by atoms with E-state index in [-0.39, 0.29) is 56.4 Å². The van der Waals surface area contributed by atoms with Crippen LogP contribution in [-0.2, 0) is 59.7 Å². The second-order valence-corrected chi connectivity index (χ2v) is 39.8. The number of carboxylic acid groups (broad SMARTS) is 4. The van der Waals surface area contributed by atoms with E-state index in [1.165, 1.54) is 7.11 Å². The van der Waals surface area contributed by atoms with Gasteiger partial charge >= 0.3 is 35.9 Å². The number of carboxylic acids is 4. The van der Waals surface area contributed by atoms with Gasteiger partial charge in [-0.1, -0.05) is 69.3 Å². The van der Waals surface area contributed by atoms with Gasteiger partial charge < -0.3 is 90.7 Å². The topological polar surface area (TPSA) is 409 Å². The fraction of sp³-hybridized carbons (Fsp3) is 0.571. The number of aliphatic hydroxyl groups is 3. The maximum atomic E-state index is 15.6. The number of fused-ring (bicyclic) bond motifs is 4. The zero-order valence-corrected chi connectivity index (χ0v) is 65.4. The zero-order valence-electron chi connectivity index (χ0n) is 63.4. The fourth-order valence-corrected chi connectivity index (χ4v) is 26.6. The average molecular weight is 1520 g/mol. The predicted molar refractivity (Wildman–Crippen MR) is 405 cm³/mol. The number of nitrogens with zero attached hydrogens (tertiary/aromatic N) is 3. The largest absolute Gasteiger partial charge is 0.496 e. The fourth-order valence-electron chi connectivity index (χ4n) is 18.0. The molecule has 5 heterocycles. The number of hydrogen-bond acceptors (Lipinski definition) is 18. The SMILES string of the molecule is C=CN1CCc2c([nH]c3ccccc23)[C@@](C(=O)OC)(c2cc3c(cc2OC)N(C)[C@H]2[C@@](O)(CNC(=O)c4ccc([Si](C)(C)O[Si](C)(C)CC(NC(=O)CCCCCNC(=O)CCC(C)(NC(=O)N[C@@](C)(CCC(=O)O)C(=O)O)C(=O)O)C(=O)O)cc4)[C@H](O)[C@]4(CC)C=CCN5CC[C@]32[C@H]54)CCC[C@@](O)(CC)C1. The number of aliphatic hydroxyl groups excluding tert-OH is 1. The number of ether oxygens (including phenoxy) is 2. The van der Waals surface area contributed by atoms with Crippen LogP contribution in [0, 0.1) is 5.41 Å². The van der Waals surface area contributed by atoms with Crippen LogP contribution in [0.3, 0.4) is 0 Å². The lowest BCUT2D eigenvalue weighted by Gasteiger charge is -2.64. The molecule has 11 atom stereocenters. The van der Waals surface area contributed by atoms with Crippen molar-refractivity contribution in [3.63, 3.8) is 0 Å². The van der Waals surface area contributed by atoms with Crippen molar-refractivity contribution in [1.29, 1.82) is 0 Å². The summed E-state index contributed by atoms with van der Waals surface area (Å²) in [7, 11) is -0.877. The van der Waals surface area contributed by atoms with E-state index in [4.69, 9.17) is 18.7 Å². The van der Waals surface area contributed by atoms with Gasteiger partial charge in [0.05, 0.1) is 38.5 Å². The third-order valence-corrected chi connectivity index (χ3v) is 31.0. The number of aliphatic carboxylic acids is 4. The third-order valence-electron chi connectivity index (χ3n) is 23.6. The maximum Gasteiger partial charge on any atom is 0.329 e. The molecule has 0 radical (unpaired) electrons. The average Bonchev–Trinajstić information content (AvgIpc) is 1.50. The molecular weight excluding hydrogens is 1410 g/mol. The number of aromatic amines is 1. The van der Waals surface area contributed by atoms with Crippen molar-refractivity contribution in [2.24, 2.45) is 5.41 Å². The maximum absolute atomic E-state index is 15.6. The van der Waals surface area contributed by atoms with Crippen LogP contribution < -0.4 is 41.4 Å². The van der Waals surface area contributed by atoms with Crippen LogP contribution in [0.1, 0.15) is 150 Å². The summed E-state index contributed by atoms with van der Waals surface area (Å²) in [5, 5.41) is 92.8. The molecule has 13 N–H and O–H groups in total. The van der Waals surface area contributed by atoms with Gasteiger partial charge in [0.25, 0.3) is 5.91 Å². The number of benzene rings is 3. The number of likely N-dealkylation sites (N-methyl/N-ethyl adjacent to an activating group) is 1. The Kier molecular flexibility index (Phi) is 24.8. The molecule has 1 saturated carbocycles. The number of urea groups is 1. The van der Waals surface area contributed by atoms with Gasteiger partial charge in [0, 0.05) is 109 Å². The van der Waals surface area contributed by atoms with Gasteiger partial charge in [0.2, 0.25) is 20.1 Å². The molecule has 1 saturated heterocycles. The van der Waals surface area contributed by atoms with Crippen LogP contribution in [0.4, 0.5) is 10.5 Å². The number of aromatic nitrogens is 1. The molecule has 1 aromatic heterocycles. The van der Waals surface area contributed by atoms with Gasteiger partial charge in [-0.3, -0.25) is 33.7 Å². The number of hydrogen-bond donors (Lipinski definition) is 13. The lowest BCUT2D eigenvalue weighted by molar-refractivity contribution is -0.196. The van der Waals surface area contributed by atoms with Crippen molar-refractivity contribution in [3.05, 3.63) is 114 Å². The number of anilines is 1. The molecule has 2 fully saturated rings. The Morgan fingerprint density at radius 1 is 0.794 bits per heavy atom. The van der Waals surface area contributed by atoms with E-state index in [1.807, 2.05) is 93.3 Å². The van der Waals surface area contributed by atoms with Gasteiger partial charge in [0.15, 0.2) is 8.32 Å². The molecule has 28 nitrogen and oxygen atoms in total. The van der Waals surface area contributed by atoms with Gasteiger partial charge in [0.1, 0.15) is 33.9 Å². The van der Waals surface area contributed by atoms with E-state index < -0.39 is 140 Å². The zero-order chi connectivity index (χ0) is 78.6. The minimum atomic E-state index is -2.90. The quantitative estimate of drug-likeness (QED) is 0.0114. The highest BCUT2D eigenvalue weighted by molar-refractivity contribution is 6.92. The number of para-hydroxylation sites is 1. The van der Waals surface area contributed by atoms with Gasteiger partial charge in [-0.25, -0.2) is 14.4 Å². The van der Waals surface area contributed by atoms with E-state index in [9.17, 15) is 69.0 Å². The van der Waals surface area contributed by atoms with Crippen LogP contribution in [0.2, 0.25) is 32.2 Å². The predicted octanol–water partition coefficient (Wildman–Crippen LogP) is 6.09. The molecule has 30 heteroatoms. The van der Waals surface area contributed by atoms with Gasteiger partial charge in [-0.2, -0.15) is 0 Å². The summed E-state index contributed by atoms with van der Waals surface area (Å²) in [5.74, 6) is -7.20. The first kappa shape index (κ1) is 82.4. The standard InChI is InChI=1S/C77H109N9O19Si2/c1-13-73(101)33-21-35-75(69(99)104-8,61-51(32-41-85(15-3)47-73)50-23-18-19-24-54(50)81-61)53-43-52-56(44-57(53)103-7)84(6)65-76(52)38-42-86-40-22-34-74(14-2,64(76)86)66(94)77(65,102)46-79-62(91)48-26-28-49(29-27-48)107(11,12)105-106(9,10)45-55(63(92)93)80-59(88)25-17-16-20-39-78-58(87)30-36-71(4,67(95)96)82-70(100)83-72(5,68(97)98)37-31-60(89)90/h15,18-19,22-24,26-29,34,43-44,55,64-66,81,94,101-102H,3,13-14,16-17,20-21,25,30-33,35-42,45-47H2,1-2,4-12H3,(H,78,87)(H,79,91)(H,80,88)(H,89,90)(H,92,93)(H,95,96)(H,97,98)(H2,82,83,100)/t55?,64-,65-,66-,71?,72+,73+,74-,75+,76-,77+/m1/s1. The lowest BCUT2D eigenvalue weighted by atomic mass is 9.47. The number of methoxy groups -OCH3 is 2. The smallest absolute Gasteiger partial charge is 0.329 e. The first-order valence-corrected chi connectivity index (χ1v) is 43.1. The lowest BCUT2D eigenvalue weighted by Crippen LogP contribution is -2.80. The molecule has 4 aromatic rings. The summed E-state index contributed by atoms with van der Waals surface area (Å²) in [6.45, 7) is 20.0. The Balaban J connectivity index is 0.867. The van der Waals surface area contributed by atoms with E-state index in [2.05, 4.69) is 67.3 Å². The number of esters is 1. The van der Waals surface area contributed by atoms with Gasteiger partial charge in [-0.15, -0.1) is 0 Å². The van der Waals surface area contributed by atoms with Crippen LogP contribution in [-0.4, -0.2) is 228 Å². The molecule has 2 unspecified atom stereocenters. The number of amides is 5. The van der Waals surface area contributed by atoms with Crippen molar-refractivity contribution in [2.45, 2.75) is 214 Å². The van der Waals surface area contributed by atoms with Crippen LogP contribution >= 0.6 is 0 Å². The summed E-state index contributed by atoms with van der Waals surface area (Å²) in [4.78, 5) is 127. The molecule has 9 rings (SSSR count). The highest BCUT2D eigenvalue weighted by Crippen LogP contribution is 2.67. The Hall–Kier alpha value is -8.66. The Morgan fingerprint density at radius 2 is 1.47 bits per heavy atom. The summed E-state index contributed by atoms with van der Waals surface area (Å²) in [6, 6.07) is 15.4. The normalized spacial score (nSPS) is 25.5. The first-order valence-electron chi connectivity index (χ1n) is 37.1. The number of carbonyl (C=O) groups excluding carboxylic acids is 5. The summed E-state index contributed by atoms with van der Waals surface area (Å²) < 4.78 is 19.4. The highest BCUT2D eigenvalue weighted by Gasteiger charge is 2.77. The molecule has 0 bridgehead atoms. The number of unbranched alkanes of at least 4 members (excludes halogenated alkanes) is 2.